The van der Waals surface area contributed by atoms with E-state index in [1.807, 2.05) is 7.05 Å². The average Bonchev–Trinajstić information content (AvgIpc) is 3.68. The Balaban J connectivity index is 1.41. The number of halogens is 4. The Morgan fingerprint density at radius 2 is 1.95 bits per heavy atom. The van der Waals surface area contributed by atoms with Crippen LogP contribution in [0.1, 0.15) is 60.4 Å². The maximum absolute atomic E-state index is 15.2. The van der Waals surface area contributed by atoms with Gasteiger partial charge in [0.25, 0.3) is 0 Å². The van der Waals surface area contributed by atoms with Gasteiger partial charge in [-0.2, -0.15) is 13.2 Å². The van der Waals surface area contributed by atoms with Crippen LogP contribution < -0.4 is 4.90 Å². The van der Waals surface area contributed by atoms with Crippen molar-refractivity contribution in [2.75, 3.05) is 44.9 Å². The first-order valence-corrected chi connectivity index (χ1v) is 14.2. The van der Waals surface area contributed by atoms with Crippen LogP contribution in [0.5, 0.6) is 0 Å². The molecule has 226 valence electrons. The van der Waals surface area contributed by atoms with Crippen molar-refractivity contribution in [2.24, 2.45) is 5.92 Å². The lowest BCUT2D eigenvalue weighted by atomic mass is 9.75. The first-order chi connectivity index (χ1) is 19.9. The van der Waals surface area contributed by atoms with E-state index in [1.54, 1.807) is 16.7 Å². The molecular formula is C29H34F4N6O3. The summed E-state index contributed by atoms with van der Waals surface area (Å²) in [6.07, 6.45) is -2.58. The van der Waals surface area contributed by atoms with Crippen molar-refractivity contribution in [3.8, 4) is 0 Å². The highest BCUT2D eigenvalue weighted by molar-refractivity contribution is 5.92. The van der Waals surface area contributed by atoms with Crippen LogP contribution in [0.25, 0.3) is 0 Å². The van der Waals surface area contributed by atoms with Crippen LogP contribution >= 0.6 is 0 Å². The third kappa shape index (κ3) is 4.61. The van der Waals surface area contributed by atoms with E-state index in [-0.39, 0.29) is 41.7 Å². The second kappa shape index (κ2) is 10.1. The van der Waals surface area contributed by atoms with Gasteiger partial charge in [-0.05, 0) is 52.8 Å². The van der Waals surface area contributed by atoms with Crippen LogP contribution in [-0.4, -0.2) is 87.6 Å². The number of alkyl halides is 3. The van der Waals surface area contributed by atoms with Crippen molar-refractivity contribution in [2.45, 2.75) is 63.3 Å². The predicted molar refractivity (Wildman–Crippen MR) is 144 cm³/mol. The fourth-order valence-electron chi connectivity index (χ4n) is 6.69. The average molecular weight is 591 g/mol. The maximum Gasteiger partial charge on any atom is 0.419 e. The summed E-state index contributed by atoms with van der Waals surface area (Å²) in [5.74, 6) is -0.692. The van der Waals surface area contributed by atoms with Crippen molar-refractivity contribution in [3.63, 3.8) is 0 Å². The Morgan fingerprint density at radius 3 is 2.55 bits per heavy atom. The third-order valence-corrected chi connectivity index (χ3v) is 9.23. The number of aromatic nitrogens is 2. The normalized spacial score (nSPS) is 23.8. The zero-order chi connectivity index (χ0) is 30.1. The first kappa shape index (κ1) is 28.8. The molecule has 2 amide bonds. The van der Waals surface area contributed by atoms with Gasteiger partial charge < -0.3 is 24.7 Å². The number of carbonyl (C=O) groups is 2. The molecule has 3 fully saturated rings. The number of amides is 2. The SMILES string of the molecule is Cc1nc(N(CO)[C@H](C)c2cccc(C(F)(F)F)c2F)c2c(n1)C1(CCN(C)C1)C(=O)N(C1CN(C(=O)C3CC3)C1)C2. The zero-order valence-corrected chi connectivity index (χ0v) is 23.8. The van der Waals surface area contributed by atoms with Crippen molar-refractivity contribution >= 4 is 17.6 Å². The van der Waals surface area contributed by atoms with Gasteiger partial charge in [-0.15, -0.1) is 0 Å². The summed E-state index contributed by atoms with van der Waals surface area (Å²) in [5, 5.41) is 10.5. The molecular weight excluding hydrogens is 556 g/mol. The molecule has 0 radical (unpaired) electrons. The third-order valence-electron chi connectivity index (χ3n) is 9.23. The van der Waals surface area contributed by atoms with Crippen molar-refractivity contribution in [1.29, 1.82) is 0 Å². The van der Waals surface area contributed by atoms with Gasteiger partial charge in [-0.25, -0.2) is 14.4 Å². The molecule has 1 spiro atoms. The molecule has 9 nitrogen and oxygen atoms in total. The zero-order valence-electron chi connectivity index (χ0n) is 23.8. The van der Waals surface area contributed by atoms with E-state index >= 15 is 4.39 Å². The monoisotopic (exact) mass is 590 g/mol. The van der Waals surface area contributed by atoms with E-state index in [0.717, 1.165) is 18.9 Å². The number of nitrogens with zero attached hydrogens (tertiary/aromatic N) is 6. The number of aliphatic hydroxyl groups excluding tert-OH is 1. The summed E-state index contributed by atoms with van der Waals surface area (Å²) in [6, 6.07) is 1.86. The molecule has 1 aromatic heterocycles. The smallest absolute Gasteiger partial charge is 0.376 e. The van der Waals surface area contributed by atoms with Crippen LogP contribution in [0.4, 0.5) is 23.4 Å². The second-order valence-electron chi connectivity index (χ2n) is 12.1. The lowest BCUT2D eigenvalue weighted by Crippen LogP contribution is -2.66. The molecule has 2 saturated heterocycles. The predicted octanol–water partition coefficient (Wildman–Crippen LogP) is 3.00. The lowest BCUT2D eigenvalue weighted by molar-refractivity contribution is -0.152. The molecule has 2 atom stereocenters. The van der Waals surface area contributed by atoms with Crippen molar-refractivity contribution < 1.29 is 32.3 Å². The minimum absolute atomic E-state index is 0.0700. The number of rotatable bonds is 6. The highest BCUT2D eigenvalue weighted by atomic mass is 19.4. The van der Waals surface area contributed by atoms with Gasteiger partial charge in [0.1, 0.15) is 29.6 Å². The van der Waals surface area contributed by atoms with Crippen LogP contribution in [0, 0.1) is 18.7 Å². The maximum atomic E-state index is 15.2. The molecule has 1 saturated carbocycles. The molecule has 3 aliphatic heterocycles. The number of aliphatic hydroxyl groups is 1. The van der Waals surface area contributed by atoms with Gasteiger partial charge in [-0.3, -0.25) is 9.59 Å². The summed E-state index contributed by atoms with van der Waals surface area (Å²) in [5.41, 5.74) is -1.48. The highest BCUT2D eigenvalue weighted by Gasteiger charge is 2.56. The van der Waals surface area contributed by atoms with Gasteiger partial charge in [0.15, 0.2) is 0 Å². The molecule has 42 heavy (non-hydrogen) atoms. The molecule has 6 rings (SSSR count). The molecule has 1 aliphatic carbocycles. The van der Waals surface area contributed by atoms with Crippen LogP contribution in [0.3, 0.4) is 0 Å². The summed E-state index contributed by atoms with van der Waals surface area (Å²) in [4.78, 5) is 43.1. The summed E-state index contributed by atoms with van der Waals surface area (Å²) in [6.45, 7) is 4.55. The molecule has 4 aliphatic rings. The molecule has 1 N–H and O–H groups in total. The number of aryl methyl sites for hydroxylation is 1. The van der Waals surface area contributed by atoms with Crippen LogP contribution in [-0.2, 0) is 27.7 Å². The second-order valence-corrected chi connectivity index (χ2v) is 12.1. The molecule has 1 aromatic carbocycles. The Hall–Kier alpha value is -3.32. The summed E-state index contributed by atoms with van der Waals surface area (Å²) in [7, 11) is 1.92. The summed E-state index contributed by atoms with van der Waals surface area (Å²) >= 11 is 0. The molecule has 2 aromatic rings. The summed E-state index contributed by atoms with van der Waals surface area (Å²) < 4.78 is 55.7. The number of benzene rings is 1. The molecule has 13 heteroatoms. The van der Waals surface area contributed by atoms with E-state index < -0.39 is 35.7 Å². The van der Waals surface area contributed by atoms with E-state index in [1.165, 1.54) is 17.9 Å². The van der Waals surface area contributed by atoms with E-state index in [4.69, 9.17) is 4.98 Å². The van der Waals surface area contributed by atoms with Crippen LogP contribution in [0.15, 0.2) is 18.2 Å². The van der Waals surface area contributed by atoms with E-state index in [9.17, 15) is 27.9 Å². The lowest BCUT2D eigenvalue weighted by Gasteiger charge is -2.50. The number of likely N-dealkylation sites (N-methyl/N-ethyl adjacent to an activating group) is 1. The van der Waals surface area contributed by atoms with Gasteiger partial charge in [0, 0.05) is 36.7 Å². The standard InChI is InChI=1S/C29H34F4N6O3/c1-16(20-5-4-6-22(23(20)30)29(31,32)33)39(15-40)25-21-13-38(19-11-37(12-19)26(41)18-7-8-18)27(42)28(9-10-36(3)14-28)24(21)34-17(2)35-25/h4-6,16,18-19,40H,7-15H2,1-3H3/t16-,28?/m1/s1. The Morgan fingerprint density at radius 1 is 1.24 bits per heavy atom. The van der Waals surface area contributed by atoms with Gasteiger partial charge in [0.2, 0.25) is 11.8 Å². The molecule has 1 unspecified atom stereocenters. The Labute approximate surface area is 241 Å². The first-order valence-electron chi connectivity index (χ1n) is 14.2. The van der Waals surface area contributed by atoms with E-state index in [0.29, 0.717) is 55.7 Å². The van der Waals surface area contributed by atoms with Crippen molar-refractivity contribution in [3.05, 3.63) is 52.2 Å². The van der Waals surface area contributed by atoms with Gasteiger partial charge >= 0.3 is 6.18 Å². The minimum Gasteiger partial charge on any atom is -0.376 e. The van der Waals surface area contributed by atoms with Gasteiger partial charge in [0.05, 0.1) is 29.9 Å². The number of carbonyl (C=O) groups excluding carboxylic acids is 2. The topological polar surface area (TPSA) is 93.1 Å². The van der Waals surface area contributed by atoms with E-state index in [2.05, 4.69) is 9.88 Å². The van der Waals surface area contributed by atoms with Crippen LogP contribution in [0.2, 0.25) is 0 Å². The number of hydrogen-bond acceptors (Lipinski definition) is 7. The fourth-order valence-corrected chi connectivity index (χ4v) is 6.69. The molecule has 0 bridgehead atoms. The Bertz CT molecular complexity index is 1430. The van der Waals surface area contributed by atoms with Gasteiger partial charge in [-0.1, -0.05) is 12.1 Å². The largest absolute Gasteiger partial charge is 0.419 e. The van der Waals surface area contributed by atoms with Crippen molar-refractivity contribution in [1.82, 2.24) is 24.7 Å². The number of hydrogen-bond donors (Lipinski definition) is 1. The highest BCUT2D eigenvalue weighted by Crippen LogP contribution is 2.46. The Kier molecular flexibility index (Phi) is 6.95. The molecule has 4 heterocycles. The number of anilines is 1. The quantitative estimate of drug-likeness (QED) is 0.409. The number of likely N-dealkylation sites (tertiary alicyclic amines) is 2. The fraction of sp³-hybridized carbons (Fsp3) is 0.586. The minimum atomic E-state index is -4.88. The number of fused-ring (bicyclic) bond motifs is 2.